The van der Waals surface area contributed by atoms with E-state index in [-0.39, 0.29) is 0 Å². The lowest BCUT2D eigenvalue weighted by Crippen LogP contribution is -1.86. The van der Waals surface area contributed by atoms with Crippen LogP contribution in [0.5, 0.6) is 0 Å². The van der Waals surface area contributed by atoms with E-state index in [1.807, 2.05) is 6.07 Å². The summed E-state index contributed by atoms with van der Waals surface area (Å²) >= 11 is 9.93. The highest BCUT2D eigenvalue weighted by molar-refractivity contribution is 9.11. The molecule has 0 saturated carbocycles. The van der Waals surface area contributed by atoms with Crippen LogP contribution >= 0.6 is 38.9 Å². The van der Waals surface area contributed by atoms with Crippen LogP contribution in [-0.4, -0.2) is 5.24 Å². The molecule has 0 amide bonds. The van der Waals surface area contributed by atoms with E-state index in [0.29, 0.717) is 5.57 Å². The highest BCUT2D eigenvalue weighted by Gasteiger charge is 2.07. The molecule has 0 aromatic carbocycles. The normalized spacial score (nSPS) is 9.64. The van der Waals surface area contributed by atoms with Crippen molar-refractivity contribution in [2.75, 3.05) is 0 Å². The number of hydrogen-bond acceptors (Lipinski definition) is 2. The van der Waals surface area contributed by atoms with Gasteiger partial charge in [0, 0.05) is 10.5 Å². The van der Waals surface area contributed by atoms with Gasteiger partial charge in [-0.3, -0.25) is 4.79 Å². The maximum absolute atomic E-state index is 10.6. The molecule has 58 valence electrons. The molecule has 1 rings (SSSR count). The van der Waals surface area contributed by atoms with Crippen LogP contribution in [0.3, 0.4) is 0 Å². The first-order chi connectivity index (χ1) is 5.11. The minimum atomic E-state index is -0.501. The third kappa shape index (κ3) is 2.15. The van der Waals surface area contributed by atoms with Gasteiger partial charge in [0.2, 0.25) is 0 Å². The topological polar surface area (TPSA) is 17.1 Å². The molecular formula is C7H4BrClOS. The Kier molecular flexibility index (Phi) is 2.87. The Hall–Kier alpha value is -0.120. The Morgan fingerprint density at radius 2 is 2.27 bits per heavy atom. The predicted octanol–water partition coefficient (Wildman–Crippen LogP) is 3.29. The van der Waals surface area contributed by atoms with Crippen molar-refractivity contribution < 1.29 is 4.79 Å². The van der Waals surface area contributed by atoms with Crippen LogP contribution in [0.2, 0.25) is 0 Å². The number of carbonyl (C=O) groups excluding carboxylic acids is 1. The van der Waals surface area contributed by atoms with Gasteiger partial charge < -0.3 is 0 Å². The monoisotopic (exact) mass is 250 g/mol. The molecule has 1 heterocycles. The first kappa shape index (κ1) is 8.97. The molecule has 0 unspecified atom stereocenters. The van der Waals surface area contributed by atoms with Crippen molar-refractivity contribution in [3.63, 3.8) is 0 Å². The molecular weight excluding hydrogens is 248 g/mol. The standard InChI is InChI=1S/C7H4BrClOS/c1-4(7(9)10)5-2-3-6(8)11-5/h2-3H,1H2. The molecule has 0 bridgehead atoms. The van der Waals surface area contributed by atoms with Crippen LogP contribution in [0.25, 0.3) is 5.57 Å². The summed E-state index contributed by atoms with van der Waals surface area (Å²) in [6, 6.07) is 3.66. The van der Waals surface area contributed by atoms with E-state index in [4.69, 9.17) is 11.6 Å². The van der Waals surface area contributed by atoms with Crippen molar-refractivity contribution in [2.45, 2.75) is 0 Å². The fraction of sp³-hybridized carbons (Fsp3) is 0. The van der Waals surface area contributed by atoms with Crippen LogP contribution in [-0.2, 0) is 4.79 Å². The summed E-state index contributed by atoms with van der Waals surface area (Å²) in [6.07, 6.45) is 0. The second-order valence-corrected chi connectivity index (χ2v) is 4.66. The van der Waals surface area contributed by atoms with E-state index >= 15 is 0 Å². The Morgan fingerprint density at radius 1 is 1.64 bits per heavy atom. The van der Waals surface area contributed by atoms with Crippen molar-refractivity contribution in [1.29, 1.82) is 0 Å². The molecule has 1 aromatic heterocycles. The molecule has 0 aliphatic carbocycles. The Bertz CT molecular complexity index is 305. The largest absolute Gasteiger partial charge is 0.276 e. The quantitative estimate of drug-likeness (QED) is 0.582. The Balaban J connectivity index is 2.94. The number of carbonyl (C=O) groups is 1. The van der Waals surface area contributed by atoms with Gasteiger partial charge in [-0.15, -0.1) is 11.3 Å². The third-order valence-electron chi connectivity index (χ3n) is 1.11. The summed E-state index contributed by atoms with van der Waals surface area (Å²) in [6.45, 7) is 3.55. The molecule has 0 aliphatic heterocycles. The molecule has 0 N–H and O–H groups in total. The molecule has 0 saturated heterocycles. The smallest absolute Gasteiger partial charge is 0.253 e. The van der Waals surface area contributed by atoms with Gasteiger partial charge in [0.15, 0.2) is 0 Å². The zero-order valence-corrected chi connectivity index (χ0v) is 8.59. The van der Waals surface area contributed by atoms with Gasteiger partial charge in [-0.25, -0.2) is 0 Å². The maximum atomic E-state index is 10.6. The second-order valence-electron chi connectivity index (χ2n) is 1.86. The average Bonchev–Trinajstić information content (AvgIpc) is 2.34. The van der Waals surface area contributed by atoms with E-state index < -0.39 is 5.24 Å². The summed E-state index contributed by atoms with van der Waals surface area (Å²) < 4.78 is 0.964. The fourth-order valence-electron chi connectivity index (χ4n) is 0.573. The molecule has 4 heteroatoms. The van der Waals surface area contributed by atoms with E-state index in [1.165, 1.54) is 11.3 Å². The van der Waals surface area contributed by atoms with Crippen molar-refractivity contribution in [2.24, 2.45) is 0 Å². The Labute approximate surface area is 81.8 Å². The van der Waals surface area contributed by atoms with E-state index in [9.17, 15) is 4.79 Å². The zero-order chi connectivity index (χ0) is 8.43. The summed E-state index contributed by atoms with van der Waals surface area (Å²) in [5.41, 5.74) is 0.349. The molecule has 0 atom stereocenters. The van der Waals surface area contributed by atoms with Crippen LogP contribution < -0.4 is 0 Å². The minimum Gasteiger partial charge on any atom is -0.276 e. The van der Waals surface area contributed by atoms with Crippen LogP contribution in [0.4, 0.5) is 0 Å². The van der Waals surface area contributed by atoms with Gasteiger partial charge in [0.1, 0.15) is 0 Å². The van der Waals surface area contributed by atoms with Gasteiger partial charge >= 0.3 is 0 Å². The van der Waals surface area contributed by atoms with Gasteiger partial charge in [0.05, 0.1) is 3.79 Å². The lowest BCUT2D eigenvalue weighted by atomic mass is 10.3. The van der Waals surface area contributed by atoms with Crippen LogP contribution in [0.15, 0.2) is 22.5 Å². The molecule has 11 heavy (non-hydrogen) atoms. The number of hydrogen-bond donors (Lipinski definition) is 0. The van der Waals surface area contributed by atoms with E-state index in [2.05, 4.69) is 22.5 Å². The van der Waals surface area contributed by atoms with Crippen molar-refractivity contribution in [3.8, 4) is 0 Å². The highest BCUT2D eigenvalue weighted by atomic mass is 79.9. The molecule has 0 radical (unpaired) electrons. The Morgan fingerprint density at radius 3 is 2.64 bits per heavy atom. The van der Waals surface area contributed by atoms with Crippen molar-refractivity contribution >= 4 is 49.7 Å². The first-order valence-electron chi connectivity index (χ1n) is 2.75. The lowest BCUT2D eigenvalue weighted by Gasteiger charge is -1.91. The maximum Gasteiger partial charge on any atom is 0.253 e. The third-order valence-corrected chi connectivity index (χ3v) is 3.02. The van der Waals surface area contributed by atoms with Crippen molar-refractivity contribution in [3.05, 3.63) is 27.4 Å². The minimum absolute atomic E-state index is 0.349. The number of thiophene rings is 1. The lowest BCUT2D eigenvalue weighted by molar-refractivity contribution is -0.106. The summed E-state index contributed by atoms with van der Waals surface area (Å²) in [4.78, 5) is 11.4. The van der Waals surface area contributed by atoms with Gasteiger partial charge in [-0.05, 0) is 39.7 Å². The zero-order valence-electron chi connectivity index (χ0n) is 5.43. The number of rotatable bonds is 2. The van der Waals surface area contributed by atoms with Gasteiger partial charge in [-0.2, -0.15) is 0 Å². The number of halogens is 2. The second kappa shape index (κ2) is 3.52. The molecule has 0 fully saturated rings. The summed E-state index contributed by atoms with van der Waals surface area (Å²) in [7, 11) is 0. The molecule has 1 nitrogen and oxygen atoms in total. The number of allylic oxidation sites excluding steroid dienone is 1. The molecule has 1 aromatic rings. The fourth-order valence-corrected chi connectivity index (χ4v) is 2.08. The molecule has 0 spiro atoms. The summed E-state index contributed by atoms with van der Waals surface area (Å²) in [5.74, 6) is 0. The summed E-state index contributed by atoms with van der Waals surface area (Å²) in [5, 5.41) is -0.501. The molecule has 0 aliphatic rings. The van der Waals surface area contributed by atoms with E-state index in [1.54, 1.807) is 6.07 Å². The van der Waals surface area contributed by atoms with Crippen LogP contribution in [0, 0.1) is 0 Å². The van der Waals surface area contributed by atoms with Gasteiger partial charge in [-0.1, -0.05) is 6.58 Å². The average molecular weight is 252 g/mol. The van der Waals surface area contributed by atoms with E-state index in [0.717, 1.165) is 8.66 Å². The first-order valence-corrected chi connectivity index (χ1v) is 4.74. The SMILES string of the molecule is C=C(C(=O)Cl)c1ccc(Br)s1. The van der Waals surface area contributed by atoms with Gasteiger partial charge in [0.25, 0.3) is 5.24 Å². The highest BCUT2D eigenvalue weighted by Crippen LogP contribution is 2.27. The van der Waals surface area contributed by atoms with Crippen molar-refractivity contribution in [1.82, 2.24) is 0 Å². The van der Waals surface area contributed by atoms with Crippen LogP contribution in [0.1, 0.15) is 4.88 Å². The predicted molar refractivity (Wildman–Crippen MR) is 51.9 cm³/mol.